The normalized spacial score (nSPS) is 10.7. The van der Waals surface area contributed by atoms with E-state index in [0.717, 1.165) is 21.5 Å². The molecule has 14 heavy (non-hydrogen) atoms. The third kappa shape index (κ3) is 1.56. The van der Waals surface area contributed by atoms with Crippen molar-refractivity contribution in [2.75, 3.05) is 12.3 Å². The number of anilines is 1. The Hall–Kier alpha value is -0.490. The number of halogens is 1. The van der Waals surface area contributed by atoms with Crippen molar-refractivity contribution in [3.63, 3.8) is 0 Å². The maximum absolute atomic E-state index is 5.89. The highest BCUT2D eigenvalue weighted by Gasteiger charge is 2.09. The van der Waals surface area contributed by atoms with E-state index in [2.05, 4.69) is 22.6 Å². The first-order valence-electron chi connectivity index (χ1n) is 4.32. The SMILES string of the molecule is CCOc1ccc(I)c2c(N)csc12. The lowest BCUT2D eigenvalue weighted by molar-refractivity contribution is 0.345. The predicted molar refractivity (Wildman–Crippen MR) is 70.1 cm³/mol. The summed E-state index contributed by atoms with van der Waals surface area (Å²) in [5.74, 6) is 0.935. The lowest BCUT2D eigenvalue weighted by Gasteiger charge is -2.05. The van der Waals surface area contributed by atoms with Gasteiger partial charge in [-0.15, -0.1) is 11.3 Å². The van der Waals surface area contributed by atoms with Gasteiger partial charge in [0.25, 0.3) is 0 Å². The van der Waals surface area contributed by atoms with E-state index in [9.17, 15) is 0 Å². The number of hydrogen-bond donors (Lipinski definition) is 1. The zero-order chi connectivity index (χ0) is 10.1. The average Bonchev–Trinajstić information content (AvgIpc) is 2.54. The highest BCUT2D eigenvalue weighted by molar-refractivity contribution is 14.1. The highest BCUT2D eigenvalue weighted by atomic mass is 127. The largest absolute Gasteiger partial charge is 0.492 e. The second-order valence-electron chi connectivity index (χ2n) is 2.87. The Bertz CT molecular complexity index is 466. The summed E-state index contributed by atoms with van der Waals surface area (Å²) in [6, 6.07) is 4.04. The zero-order valence-corrected chi connectivity index (χ0v) is 10.7. The Morgan fingerprint density at radius 3 is 3.00 bits per heavy atom. The van der Waals surface area contributed by atoms with Crippen LogP contribution in [0, 0.1) is 3.57 Å². The van der Waals surface area contributed by atoms with Crippen molar-refractivity contribution in [3.05, 3.63) is 21.1 Å². The molecule has 0 aliphatic heterocycles. The molecule has 0 spiro atoms. The molecule has 0 aliphatic rings. The van der Waals surface area contributed by atoms with Gasteiger partial charge in [0, 0.05) is 14.3 Å². The number of hydrogen-bond acceptors (Lipinski definition) is 3. The van der Waals surface area contributed by atoms with E-state index in [0.29, 0.717) is 6.61 Å². The van der Waals surface area contributed by atoms with Gasteiger partial charge in [0.05, 0.1) is 17.0 Å². The minimum atomic E-state index is 0.688. The number of thiophene rings is 1. The number of rotatable bonds is 2. The summed E-state index contributed by atoms with van der Waals surface area (Å²) >= 11 is 3.94. The molecule has 0 fully saturated rings. The van der Waals surface area contributed by atoms with Crippen molar-refractivity contribution in [2.24, 2.45) is 0 Å². The number of benzene rings is 1. The molecule has 2 nitrogen and oxygen atoms in total. The molecule has 1 aromatic heterocycles. The molecule has 2 aromatic rings. The first kappa shape index (κ1) is 10.0. The van der Waals surface area contributed by atoms with Gasteiger partial charge in [-0.25, -0.2) is 0 Å². The van der Waals surface area contributed by atoms with E-state index in [-0.39, 0.29) is 0 Å². The number of nitrogens with two attached hydrogens (primary N) is 1. The van der Waals surface area contributed by atoms with Gasteiger partial charge in [-0.3, -0.25) is 0 Å². The van der Waals surface area contributed by atoms with Crippen LogP contribution in [-0.2, 0) is 0 Å². The van der Waals surface area contributed by atoms with Gasteiger partial charge in [0.2, 0.25) is 0 Å². The molecule has 74 valence electrons. The van der Waals surface area contributed by atoms with Crippen LogP contribution in [0.3, 0.4) is 0 Å². The van der Waals surface area contributed by atoms with Crippen LogP contribution >= 0.6 is 33.9 Å². The Labute approximate surface area is 100 Å². The van der Waals surface area contributed by atoms with Crippen molar-refractivity contribution in [3.8, 4) is 5.75 Å². The number of fused-ring (bicyclic) bond motifs is 1. The van der Waals surface area contributed by atoms with Crippen molar-refractivity contribution in [2.45, 2.75) is 6.92 Å². The van der Waals surface area contributed by atoms with E-state index in [4.69, 9.17) is 10.5 Å². The molecular formula is C10H10INOS. The second-order valence-corrected chi connectivity index (χ2v) is 4.92. The Morgan fingerprint density at radius 1 is 1.50 bits per heavy atom. The van der Waals surface area contributed by atoms with Gasteiger partial charge < -0.3 is 10.5 Å². The summed E-state index contributed by atoms with van der Waals surface area (Å²) in [6.07, 6.45) is 0. The van der Waals surface area contributed by atoms with Crippen LogP contribution in [0.15, 0.2) is 17.5 Å². The first-order valence-corrected chi connectivity index (χ1v) is 6.28. The highest BCUT2D eigenvalue weighted by Crippen LogP contribution is 2.38. The summed E-state index contributed by atoms with van der Waals surface area (Å²) in [4.78, 5) is 0. The summed E-state index contributed by atoms with van der Waals surface area (Å²) < 4.78 is 7.87. The molecule has 0 saturated carbocycles. The molecule has 4 heteroatoms. The maximum atomic E-state index is 5.89. The molecule has 0 atom stereocenters. The van der Waals surface area contributed by atoms with Gasteiger partial charge in [0.1, 0.15) is 5.75 Å². The predicted octanol–water partition coefficient (Wildman–Crippen LogP) is 3.49. The standard InChI is InChI=1S/C10H10INOS/c1-2-13-8-4-3-6(11)9-7(12)5-14-10(8)9/h3-5H,2,12H2,1H3. The molecule has 0 saturated heterocycles. The molecular weight excluding hydrogens is 309 g/mol. The molecule has 0 amide bonds. The van der Waals surface area contributed by atoms with Gasteiger partial charge in [-0.05, 0) is 41.6 Å². The third-order valence-corrected chi connectivity index (χ3v) is 3.87. The number of ether oxygens (including phenoxy) is 1. The first-order chi connectivity index (χ1) is 6.74. The van der Waals surface area contributed by atoms with Gasteiger partial charge >= 0.3 is 0 Å². The van der Waals surface area contributed by atoms with Gasteiger partial charge in [-0.2, -0.15) is 0 Å². The molecule has 0 radical (unpaired) electrons. The average molecular weight is 319 g/mol. The molecule has 2 N–H and O–H groups in total. The van der Waals surface area contributed by atoms with E-state index >= 15 is 0 Å². The molecule has 2 rings (SSSR count). The fourth-order valence-corrected chi connectivity index (χ4v) is 3.27. The van der Waals surface area contributed by atoms with Crippen LogP contribution in [0.5, 0.6) is 5.75 Å². The van der Waals surface area contributed by atoms with E-state index in [1.54, 1.807) is 11.3 Å². The Balaban J connectivity index is 2.70. The quantitative estimate of drug-likeness (QED) is 0.860. The smallest absolute Gasteiger partial charge is 0.137 e. The van der Waals surface area contributed by atoms with E-state index < -0.39 is 0 Å². The lowest BCUT2D eigenvalue weighted by Crippen LogP contribution is -1.92. The molecule has 0 bridgehead atoms. The van der Waals surface area contributed by atoms with Crippen LogP contribution in [0.4, 0.5) is 5.69 Å². The van der Waals surface area contributed by atoms with Crippen molar-refractivity contribution < 1.29 is 4.74 Å². The number of nitrogen functional groups attached to an aromatic ring is 1. The lowest BCUT2D eigenvalue weighted by atomic mass is 10.2. The molecule has 0 aliphatic carbocycles. The Morgan fingerprint density at radius 2 is 2.29 bits per heavy atom. The monoisotopic (exact) mass is 319 g/mol. The molecule has 1 heterocycles. The Kier molecular flexibility index (Phi) is 2.83. The molecule has 0 unspecified atom stereocenters. The summed E-state index contributed by atoms with van der Waals surface area (Å²) in [5.41, 5.74) is 6.74. The fourth-order valence-electron chi connectivity index (χ4n) is 1.38. The fraction of sp³-hybridized carbons (Fsp3) is 0.200. The van der Waals surface area contributed by atoms with Crippen molar-refractivity contribution >= 4 is 49.7 Å². The van der Waals surface area contributed by atoms with Crippen LogP contribution in [-0.4, -0.2) is 6.61 Å². The topological polar surface area (TPSA) is 35.2 Å². The zero-order valence-electron chi connectivity index (χ0n) is 7.71. The minimum Gasteiger partial charge on any atom is -0.492 e. The molecule has 1 aromatic carbocycles. The van der Waals surface area contributed by atoms with Crippen LogP contribution in [0.2, 0.25) is 0 Å². The van der Waals surface area contributed by atoms with Crippen LogP contribution < -0.4 is 10.5 Å². The van der Waals surface area contributed by atoms with Crippen molar-refractivity contribution in [1.29, 1.82) is 0 Å². The minimum absolute atomic E-state index is 0.688. The van der Waals surface area contributed by atoms with Gasteiger partial charge in [-0.1, -0.05) is 0 Å². The van der Waals surface area contributed by atoms with Crippen molar-refractivity contribution in [1.82, 2.24) is 0 Å². The van der Waals surface area contributed by atoms with Crippen LogP contribution in [0.25, 0.3) is 10.1 Å². The third-order valence-electron chi connectivity index (χ3n) is 1.96. The van der Waals surface area contributed by atoms with Crippen LogP contribution in [0.1, 0.15) is 6.92 Å². The second kappa shape index (κ2) is 3.94. The summed E-state index contributed by atoms with van der Waals surface area (Å²) in [6.45, 7) is 2.67. The van der Waals surface area contributed by atoms with Gasteiger partial charge in [0.15, 0.2) is 0 Å². The summed E-state index contributed by atoms with van der Waals surface area (Å²) in [5, 5.41) is 3.09. The maximum Gasteiger partial charge on any atom is 0.137 e. The summed E-state index contributed by atoms with van der Waals surface area (Å²) in [7, 11) is 0. The van der Waals surface area contributed by atoms with E-state index in [1.807, 2.05) is 24.4 Å². The van der Waals surface area contributed by atoms with E-state index in [1.165, 1.54) is 3.57 Å².